The number of hydrogen-bond acceptors (Lipinski definition) is 6. The molecule has 4 aliphatic rings. The highest BCUT2D eigenvalue weighted by Crippen LogP contribution is 2.69. The minimum absolute atomic E-state index is 0.0137. The van der Waals surface area contributed by atoms with Crippen molar-refractivity contribution in [2.24, 2.45) is 34.5 Å². The van der Waals surface area contributed by atoms with Gasteiger partial charge in [-0.25, -0.2) is 0 Å². The van der Waals surface area contributed by atoms with Gasteiger partial charge in [0.2, 0.25) is 0 Å². The minimum atomic E-state index is -1.17. The van der Waals surface area contributed by atoms with Crippen LogP contribution in [0.1, 0.15) is 79.1 Å². The molecule has 0 radical (unpaired) electrons. The summed E-state index contributed by atoms with van der Waals surface area (Å²) in [6.07, 6.45) is 4.99. The number of carbonyl (C=O) groups is 3. The lowest BCUT2D eigenvalue weighted by Crippen LogP contribution is -2.68. The van der Waals surface area contributed by atoms with Crippen molar-refractivity contribution in [2.75, 3.05) is 0 Å². The van der Waals surface area contributed by atoms with Crippen LogP contribution in [0, 0.1) is 34.5 Å². The quantitative estimate of drug-likeness (QED) is 0.653. The van der Waals surface area contributed by atoms with Crippen molar-refractivity contribution in [2.45, 2.75) is 96.9 Å². The minimum Gasteiger partial charge on any atom is -0.481 e. The van der Waals surface area contributed by atoms with E-state index in [4.69, 9.17) is 9.47 Å². The third-order valence-corrected chi connectivity index (χ3v) is 9.80. The second-order valence-corrected chi connectivity index (χ2v) is 11.0. The molecule has 0 heterocycles. The number of esters is 2. The Balaban J connectivity index is 1.69. The van der Waals surface area contributed by atoms with Crippen LogP contribution in [0.2, 0.25) is 0 Å². The van der Waals surface area contributed by atoms with Gasteiger partial charge in [0.1, 0.15) is 12.2 Å². The normalized spacial score (nSPS) is 48.7. The average Bonchev–Trinajstić information content (AvgIpc) is 2.95. The molecule has 4 rings (SSSR count). The van der Waals surface area contributed by atoms with Gasteiger partial charge in [-0.1, -0.05) is 13.8 Å². The molecule has 31 heavy (non-hydrogen) atoms. The van der Waals surface area contributed by atoms with Gasteiger partial charge in [-0.05, 0) is 74.5 Å². The monoisotopic (exact) mass is 436 g/mol. The van der Waals surface area contributed by atoms with Crippen molar-refractivity contribution in [3.05, 3.63) is 0 Å². The molecule has 4 saturated carbocycles. The Kier molecular flexibility index (Phi) is 5.43. The molecule has 0 amide bonds. The predicted molar refractivity (Wildman–Crippen MR) is 111 cm³/mol. The Morgan fingerprint density at radius 1 is 0.871 bits per heavy atom. The Morgan fingerprint density at radius 2 is 1.55 bits per heavy atom. The zero-order valence-corrected chi connectivity index (χ0v) is 19.1. The van der Waals surface area contributed by atoms with E-state index in [1.807, 2.05) is 6.92 Å². The zero-order valence-electron chi connectivity index (χ0n) is 19.1. The molecule has 4 fully saturated rings. The predicted octanol–water partition coefficient (Wildman–Crippen LogP) is 3.32. The largest absolute Gasteiger partial charge is 0.481 e. The Hall–Kier alpha value is -1.63. The maximum absolute atomic E-state index is 12.1. The van der Waals surface area contributed by atoms with Crippen LogP contribution >= 0.6 is 0 Å². The van der Waals surface area contributed by atoms with E-state index < -0.39 is 35.0 Å². The topological polar surface area (TPSA) is 110 Å². The van der Waals surface area contributed by atoms with Crippen LogP contribution in [0.3, 0.4) is 0 Å². The number of carboxylic acid groups (broad SMARTS) is 1. The highest BCUT2D eigenvalue weighted by molar-refractivity contribution is 5.73. The number of aliphatic hydroxyl groups is 1. The van der Waals surface area contributed by atoms with E-state index in [1.54, 1.807) is 0 Å². The third kappa shape index (κ3) is 3.21. The fraction of sp³-hybridized carbons (Fsp3) is 0.875. The molecule has 4 unspecified atom stereocenters. The summed E-state index contributed by atoms with van der Waals surface area (Å²) in [7, 11) is 0. The molecule has 2 N–H and O–H groups in total. The van der Waals surface area contributed by atoms with E-state index in [0.717, 1.165) is 32.1 Å². The van der Waals surface area contributed by atoms with Gasteiger partial charge >= 0.3 is 17.9 Å². The van der Waals surface area contributed by atoms with Gasteiger partial charge in [0.05, 0.1) is 11.5 Å². The number of aliphatic carboxylic acids is 1. The van der Waals surface area contributed by atoms with E-state index in [-0.39, 0.29) is 29.3 Å². The smallest absolute Gasteiger partial charge is 0.307 e. The molecule has 7 heteroatoms. The number of carbonyl (C=O) groups excluding carboxylic acids is 2. The van der Waals surface area contributed by atoms with Gasteiger partial charge < -0.3 is 19.7 Å². The zero-order chi connectivity index (χ0) is 22.8. The standard InChI is InChI=1S/C24H36O7/c1-13(25)30-16-7-9-22(3)15(11-16)5-6-17-19(22)12-20(31-14(2)26)23(4)18(21(27)28)8-10-24(17,23)29/h15-20,29H,5-12H2,1-4H3,(H,27,28)/t15?,16?,17-,18-,19+,20?,22+,23+,24?/m1/s1. The summed E-state index contributed by atoms with van der Waals surface area (Å²) in [5, 5.41) is 22.0. The first-order valence-corrected chi connectivity index (χ1v) is 11.7. The number of hydrogen-bond donors (Lipinski definition) is 2. The molecule has 174 valence electrons. The number of fused-ring (bicyclic) bond motifs is 5. The fourth-order valence-corrected chi connectivity index (χ4v) is 8.25. The van der Waals surface area contributed by atoms with Crippen molar-refractivity contribution in [1.29, 1.82) is 0 Å². The molecule has 0 aromatic heterocycles. The van der Waals surface area contributed by atoms with Crippen molar-refractivity contribution in [3.8, 4) is 0 Å². The summed E-state index contributed by atoms with van der Waals surface area (Å²) in [4.78, 5) is 35.6. The first-order chi connectivity index (χ1) is 14.4. The van der Waals surface area contributed by atoms with Crippen LogP contribution in [0.4, 0.5) is 0 Å². The molecule has 0 aromatic carbocycles. The van der Waals surface area contributed by atoms with Crippen LogP contribution in [-0.4, -0.2) is 45.9 Å². The van der Waals surface area contributed by atoms with E-state index in [0.29, 0.717) is 25.2 Å². The highest BCUT2D eigenvalue weighted by Gasteiger charge is 2.72. The molecular formula is C24H36O7. The van der Waals surface area contributed by atoms with Crippen molar-refractivity contribution < 1.29 is 34.1 Å². The van der Waals surface area contributed by atoms with Gasteiger partial charge in [0, 0.05) is 19.3 Å². The van der Waals surface area contributed by atoms with E-state index >= 15 is 0 Å². The first-order valence-electron chi connectivity index (χ1n) is 11.7. The number of rotatable bonds is 3. The molecule has 0 aliphatic heterocycles. The van der Waals surface area contributed by atoms with Crippen LogP contribution in [0.15, 0.2) is 0 Å². The lowest BCUT2D eigenvalue weighted by atomic mass is 9.42. The van der Waals surface area contributed by atoms with Crippen LogP contribution in [0.5, 0.6) is 0 Å². The Labute approximate surface area is 183 Å². The molecule has 0 saturated heterocycles. The summed E-state index contributed by atoms with van der Waals surface area (Å²) in [5.41, 5.74) is -2.22. The Morgan fingerprint density at radius 3 is 2.16 bits per heavy atom. The summed E-state index contributed by atoms with van der Waals surface area (Å²) in [6, 6.07) is 0. The summed E-state index contributed by atoms with van der Waals surface area (Å²) >= 11 is 0. The molecular weight excluding hydrogens is 400 g/mol. The van der Waals surface area contributed by atoms with Crippen molar-refractivity contribution >= 4 is 17.9 Å². The van der Waals surface area contributed by atoms with Crippen LogP contribution in [0.25, 0.3) is 0 Å². The third-order valence-electron chi connectivity index (χ3n) is 9.80. The Bertz CT molecular complexity index is 780. The molecule has 0 aromatic rings. The van der Waals surface area contributed by atoms with Crippen LogP contribution in [-0.2, 0) is 23.9 Å². The first kappa shape index (κ1) is 22.6. The van der Waals surface area contributed by atoms with E-state index in [9.17, 15) is 24.6 Å². The molecule has 0 bridgehead atoms. The number of ether oxygens (including phenoxy) is 2. The maximum atomic E-state index is 12.1. The lowest BCUT2D eigenvalue weighted by molar-refractivity contribution is -0.253. The summed E-state index contributed by atoms with van der Waals surface area (Å²) in [6.45, 7) is 6.91. The lowest BCUT2D eigenvalue weighted by Gasteiger charge is -2.64. The SMILES string of the molecule is CC(=O)OC1CC[C@@]2(C)C(CC[C@@H]3[C@@H]2CC(OC(C)=O)[C@]2(C)[C@@H](C(=O)O)CCC32O)C1. The second-order valence-electron chi connectivity index (χ2n) is 11.0. The van der Waals surface area contributed by atoms with Gasteiger partial charge in [0.25, 0.3) is 0 Å². The van der Waals surface area contributed by atoms with E-state index in [2.05, 4.69) is 6.92 Å². The summed E-state index contributed by atoms with van der Waals surface area (Å²) < 4.78 is 11.3. The van der Waals surface area contributed by atoms with Gasteiger partial charge in [-0.3, -0.25) is 14.4 Å². The van der Waals surface area contributed by atoms with E-state index in [1.165, 1.54) is 13.8 Å². The second kappa shape index (κ2) is 7.46. The van der Waals surface area contributed by atoms with Gasteiger partial charge in [-0.15, -0.1) is 0 Å². The van der Waals surface area contributed by atoms with Gasteiger partial charge in [0.15, 0.2) is 0 Å². The molecule has 7 nitrogen and oxygen atoms in total. The average molecular weight is 437 g/mol. The van der Waals surface area contributed by atoms with Crippen LogP contribution < -0.4 is 0 Å². The van der Waals surface area contributed by atoms with Crippen molar-refractivity contribution in [1.82, 2.24) is 0 Å². The van der Waals surface area contributed by atoms with Crippen molar-refractivity contribution in [3.63, 3.8) is 0 Å². The molecule has 4 aliphatic carbocycles. The number of carboxylic acids is 1. The molecule has 9 atom stereocenters. The fourth-order valence-electron chi connectivity index (χ4n) is 8.25. The van der Waals surface area contributed by atoms with Gasteiger partial charge in [-0.2, -0.15) is 0 Å². The maximum Gasteiger partial charge on any atom is 0.307 e. The highest BCUT2D eigenvalue weighted by atomic mass is 16.5. The summed E-state index contributed by atoms with van der Waals surface area (Å²) in [5.74, 6) is -1.83. The molecule has 0 spiro atoms.